The lowest BCUT2D eigenvalue weighted by molar-refractivity contribution is -0.00900. The molecule has 1 aliphatic heterocycles. The summed E-state index contributed by atoms with van der Waals surface area (Å²) < 4.78 is 5.26. The average molecular weight is 292 g/mol. The second-order valence-corrected chi connectivity index (χ2v) is 6.78. The van der Waals surface area contributed by atoms with E-state index < -0.39 is 17.3 Å². The van der Waals surface area contributed by atoms with Gasteiger partial charge in [0.25, 0.3) is 0 Å². The molecule has 0 radical (unpaired) electrons. The molecule has 1 aromatic carbocycles. The molecule has 0 bridgehead atoms. The molecule has 1 saturated heterocycles. The zero-order chi connectivity index (χ0) is 15.7. The summed E-state index contributed by atoms with van der Waals surface area (Å²) >= 11 is 0. The lowest BCUT2D eigenvalue weighted by atomic mass is 9.89. The fourth-order valence-corrected chi connectivity index (χ4v) is 2.25. The van der Waals surface area contributed by atoms with Crippen LogP contribution in [0.3, 0.4) is 0 Å². The van der Waals surface area contributed by atoms with Crippen molar-refractivity contribution in [2.75, 3.05) is 18.4 Å². The van der Waals surface area contributed by atoms with Gasteiger partial charge in [-0.1, -0.05) is 12.1 Å². The lowest BCUT2D eigenvalue weighted by Gasteiger charge is -2.37. The van der Waals surface area contributed by atoms with Gasteiger partial charge in [-0.3, -0.25) is 5.32 Å². The average Bonchev–Trinajstić information content (AvgIpc) is 2.29. The predicted octanol–water partition coefficient (Wildman–Crippen LogP) is 2.22. The molecule has 1 aliphatic rings. The summed E-state index contributed by atoms with van der Waals surface area (Å²) in [6, 6.07) is 5.82. The van der Waals surface area contributed by atoms with Crippen molar-refractivity contribution in [1.29, 1.82) is 0 Å². The maximum atomic E-state index is 11.9. The first-order valence-corrected chi connectivity index (χ1v) is 7.20. The first kappa shape index (κ1) is 15.8. The van der Waals surface area contributed by atoms with Crippen molar-refractivity contribution in [2.45, 2.75) is 45.3 Å². The Hall–Kier alpha value is -1.59. The van der Waals surface area contributed by atoms with Crippen molar-refractivity contribution in [2.24, 2.45) is 0 Å². The molecule has 1 heterocycles. The second-order valence-electron chi connectivity index (χ2n) is 6.78. The molecule has 0 aromatic heterocycles. The Kier molecular flexibility index (Phi) is 4.25. The molecule has 1 fully saturated rings. The lowest BCUT2D eigenvalue weighted by Crippen LogP contribution is -2.60. The van der Waals surface area contributed by atoms with Crippen LogP contribution in [-0.4, -0.2) is 35.5 Å². The summed E-state index contributed by atoms with van der Waals surface area (Å²) in [6.45, 7) is 8.63. The van der Waals surface area contributed by atoms with E-state index in [-0.39, 0.29) is 0 Å². The maximum absolute atomic E-state index is 11.9. The highest BCUT2D eigenvalue weighted by Crippen LogP contribution is 2.23. The van der Waals surface area contributed by atoms with Crippen molar-refractivity contribution in [3.63, 3.8) is 0 Å². The zero-order valence-electron chi connectivity index (χ0n) is 13.1. The molecule has 3 N–H and O–H groups in total. The van der Waals surface area contributed by atoms with Gasteiger partial charge >= 0.3 is 6.09 Å². The second kappa shape index (κ2) is 5.66. The number of benzene rings is 1. The minimum Gasteiger partial charge on any atom is -0.444 e. The van der Waals surface area contributed by atoms with Crippen LogP contribution < -0.4 is 10.6 Å². The van der Waals surface area contributed by atoms with Gasteiger partial charge in [-0.2, -0.15) is 0 Å². The third-order valence-corrected chi connectivity index (χ3v) is 3.38. The maximum Gasteiger partial charge on any atom is 0.412 e. The van der Waals surface area contributed by atoms with E-state index in [9.17, 15) is 9.90 Å². The smallest absolute Gasteiger partial charge is 0.412 e. The van der Waals surface area contributed by atoms with Gasteiger partial charge < -0.3 is 15.2 Å². The van der Waals surface area contributed by atoms with E-state index in [4.69, 9.17) is 4.74 Å². The Morgan fingerprint density at radius 3 is 2.62 bits per heavy atom. The van der Waals surface area contributed by atoms with Crippen molar-refractivity contribution < 1.29 is 14.6 Å². The van der Waals surface area contributed by atoms with Crippen LogP contribution in [-0.2, 0) is 11.2 Å². The van der Waals surface area contributed by atoms with Crippen molar-refractivity contribution in [3.05, 3.63) is 29.3 Å². The highest BCUT2D eigenvalue weighted by molar-refractivity contribution is 5.86. The predicted molar refractivity (Wildman–Crippen MR) is 82.6 cm³/mol. The van der Waals surface area contributed by atoms with Crippen LogP contribution in [0.25, 0.3) is 0 Å². The van der Waals surface area contributed by atoms with E-state index in [1.165, 1.54) is 0 Å². The topological polar surface area (TPSA) is 70.6 Å². The number of aliphatic hydroxyl groups is 1. The molecule has 0 atom stereocenters. The Bertz CT molecular complexity index is 531. The fourth-order valence-electron chi connectivity index (χ4n) is 2.25. The molecular formula is C16H24N2O3. The number of rotatable bonds is 3. The van der Waals surface area contributed by atoms with Crippen molar-refractivity contribution in [3.8, 4) is 0 Å². The van der Waals surface area contributed by atoms with Gasteiger partial charge in [-0.25, -0.2) is 4.79 Å². The normalized spacial score (nSPS) is 17.0. The molecule has 5 heteroatoms. The summed E-state index contributed by atoms with van der Waals surface area (Å²) in [5.74, 6) is 0. The van der Waals surface area contributed by atoms with Crippen LogP contribution in [0.2, 0.25) is 0 Å². The number of hydrogen-bond donors (Lipinski definition) is 3. The number of anilines is 1. The fraction of sp³-hybridized carbons (Fsp3) is 0.562. The minimum atomic E-state index is -0.668. The Balaban J connectivity index is 2.06. The summed E-state index contributed by atoms with van der Waals surface area (Å²) in [7, 11) is 0. The van der Waals surface area contributed by atoms with Gasteiger partial charge in [0.05, 0.1) is 5.60 Å². The molecule has 0 saturated carbocycles. The van der Waals surface area contributed by atoms with E-state index in [0.717, 1.165) is 16.8 Å². The molecule has 21 heavy (non-hydrogen) atoms. The standard InChI is InChI=1S/C16H24N2O3/c1-11-5-6-12(8-16(20)9-17-10-16)7-13(11)18-14(19)21-15(2,3)4/h5-7,17,20H,8-10H2,1-4H3,(H,18,19). The summed E-state index contributed by atoms with van der Waals surface area (Å²) in [5.41, 5.74) is 1.48. The van der Waals surface area contributed by atoms with E-state index >= 15 is 0 Å². The first-order chi connectivity index (χ1) is 9.67. The van der Waals surface area contributed by atoms with E-state index in [0.29, 0.717) is 19.5 Å². The number of nitrogens with one attached hydrogen (secondary N) is 2. The number of aryl methyl sites for hydroxylation is 1. The first-order valence-electron chi connectivity index (χ1n) is 7.20. The number of carbonyl (C=O) groups is 1. The molecule has 0 spiro atoms. The summed E-state index contributed by atoms with van der Waals surface area (Å²) in [5, 5.41) is 16.0. The van der Waals surface area contributed by atoms with E-state index in [1.807, 2.05) is 45.9 Å². The van der Waals surface area contributed by atoms with Crippen molar-refractivity contribution >= 4 is 11.8 Å². The zero-order valence-corrected chi connectivity index (χ0v) is 13.1. The number of hydrogen-bond acceptors (Lipinski definition) is 4. The van der Waals surface area contributed by atoms with Crippen LogP contribution >= 0.6 is 0 Å². The summed E-state index contributed by atoms with van der Waals surface area (Å²) in [4.78, 5) is 11.9. The molecular weight excluding hydrogens is 268 g/mol. The van der Waals surface area contributed by atoms with Gasteiger partial charge in [0.1, 0.15) is 5.60 Å². The quantitative estimate of drug-likeness (QED) is 0.799. The number of ether oxygens (including phenoxy) is 1. The largest absolute Gasteiger partial charge is 0.444 e. The minimum absolute atomic E-state index is 0.466. The van der Waals surface area contributed by atoms with Gasteiger partial charge in [0.2, 0.25) is 0 Å². The van der Waals surface area contributed by atoms with Crippen molar-refractivity contribution in [1.82, 2.24) is 5.32 Å². The molecule has 0 unspecified atom stereocenters. The third kappa shape index (κ3) is 4.44. The van der Waals surface area contributed by atoms with E-state index in [1.54, 1.807) is 0 Å². The van der Waals surface area contributed by atoms with Gasteiger partial charge in [0.15, 0.2) is 0 Å². The SMILES string of the molecule is Cc1ccc(CC2(O)CNC2)cc1NC(=O)OC(C)(C)C. The molecule has 116 valence electrons. The Morgan fingerprint density at radius 1 is 1.43 bits per heavy atom. The van der Waals surface area contributed by atoms with Gasteiger partial charge in [0, 0.05) is 25.2 Å². The Morgan fingerprint density at radius 2 is 2.10 bits per heavy atom. The van der Waals surface area contributed by atoms with Crippen LogP contribution in [0.15, 0.2) is 18.2 Å². The molecule has 1 aromatic rings. The number of β-amino-alcohol motifs (C(OH)–C–C–N with tert-alkyl or cyclic N) is 1. The monoisotopic (exact) mass is 292 g/mol. The summed E-state index contributed by atoms with van der Waals surface area (Å²) in [6.07, 6.45) is 0.107. The van der Waals surface area contributed by atoms with Crippen LogP contribution in [0.4, 0.5) is 10.5 Å². The van der Waals surface area contributed by atoms with Crippen LogP contribution in [0.5, 0.6) is 0 Å². The Labute approximate surface area is 125 Å². The molecule has 0 aliphatic carbocycles. The number of carbonyl (C=O) groups excluding carboxylic acids is 1. The molecule has 2 rings (SSSR count). The van der Waals surface area contributed by atoms with Crippen LogP contribution in [0.1, 0.15) is 31.9 Å². The number of amides is 1. The van der Waals surface area contributed by atoms with E-state index in [2.05, 4.69) is 10.6 Å². The van der Waals surface area contributed by atoms with Gasteiger partial charge in [-0.05, 0) is 44.9 Å². The molecule has 5 nitrogen and oxygen atoms in total. The highest BCUT2D eigenvalue weighted by atomic mass is 16.6. The molecule has 1 amide bonds. The van der Waals surface area contributed by atoms with Gasteiger partial charge in [-0.15, -0.1) is 0 Å². The third-order valence-electron chi connectivity index (χ3n) is 3.38. The highest BCUT2D eigenvalue weighted by Gasteiger charge is 2.34. The van der Waals surface area contributed by atoms with Crippen LogP contribution in [0, 0.1) is 6.92 Å².